The first-order valence-electron chi connectivity index (χ1n) is 5.45. The molecule has 0 atom stereocenters. The fourth-order valence-corrected chi connectivity index (χ4v) is 2.50. The summed E-state index contributed by atoms with van der Waals surface area (Å²) in [7, 11) is 0. The van der Waals surface area contributed by atoms with Crippen molar-refractivity contribution < 1.29 is 19.4 Å². The van der Waals surface area contributed by atoms with Crippen molar-refractivity contribution in [3.8, 4) is 0 Å². The van der Waals surface area contributed by atoms with Gasteiger partial charge in [0, 0.05) is 17.1 Å². The van der Waals surface area contributed by atoms with E-state index in [4.69, 9.17) is 14.6 Å². The van der Waals surface area contributed by atoms with Gasteiger partial charge in [0.05, 0.1) is 18.8 Å². The van der Waals surface area contributed by atoms with Gasteiger partial charge in [-0.05, 0) is 18.2 Å². The highest BCUT2D eigenvalue weighted by molar-refractivity contribution is 7.99. The van der Waals surface area contributed by atoms with Crippen LogP contribution in [-0.2, 0) is 9.47 Å². The average Bonchev–Trinajstić information content (AvgIpc) is 2.82. The maximum Gasteiger partial charge on any atom is 0.335 e. The van der Waals surface area contributed by atoms with Crippen molar-refractivity contribution in [3.63, 3.8) is 0 Å². The molecular formula is C12H14O4S. The molecule has 0 bridgehead atoms. The van der Waals surface area contributed by atoms with Gasteiger partial charge in [-0.3, -0.25) is 0 Å². The van der Waals surface area contributed by atoms with E-state index in [0.717, 1.165) is 17.1 Å². The molecule has 0 radical (unpaired) electrons. The van der Waals surface area contributed by atoms with Gasteiger partial charge in [0.15, 0.2) is 6.29 Å². The van der Waals surface area contributed by atoms with Gasteiger partial charge in [0.2, 0.25) is 0 Å². The molecule has 4 nitrogen and oxygen atoms in total. The average molecular weight is 254 g/mol. The van der Waals surface area contributed by atoms with E-state index >= 15 is 0 Å². The van der Waals surface area contributed by atoms with Crippen molar-refractivity contribution in [1.82, 2.24) is 0 Å². The minimum atomic E-state index is -0.894. The van der Waals surface area contributed by atoms with Gasteiger partial charge in [-0.25, -0.2) is 4.79 Å². The predicted molar refractivity (Wildman–Crippen MR) is 64.4 cm³/mol. The van der Waals surface area contributed by atoms with Crippen molar-refractivity contribution in [1.29, 1.82) is 0 Å². The van der Waals surface area contributed by atoms with E-state index in [1.165, 1.54) is 0 Å². The third-order valence-corrected chi connectivity index (χ3v) is 3.42. The molecule has 92 valence electrons. The number of carboxylic acid groups (broad SMARTS) is 1. The summed E-state index contributed by atoms with van der Waals surface area (Å²) in [5.41, 5.74) is 0.323. The summed E-state index contributed by atoms with van der Waals surface area (Å²) in [4.78, 5) is 11.7. The maximum absolute atomic E-state index is 10.8. The molecule has 0 spiro atoms. The van der Waals surface area contributed by atoms with E-state index in [1.807, 2.05) is 6.07 Å². The normalized spacial score (nSPS) is 16.2. The molecule has 1 aromatic rings. The summed E-state index contributed by atoms with van der Waals surface area (Å²) in [6, 6.07) is 6.95. The highest BCUT2D eigenvalue weighted by Crippen LogP contribution is 2.22. The van der Waals surface area contributed by atoms with Crippen LogP contribution in [0.2, 0.25) is 0 Å². The van der Waals surface area contributed by atoms with Crippen molar-refractivity contribution in [2.45, 2.75) is 17.6 Å². The Morgan fingerprint density at radius 1 is 1.41 bits per heavy atom. The number of hydrogen-bond acceptors (Lipinski definition) is 4. The largest absolute Gasteiger partial charge is 0.478 e. The van der Waals surface area contributed by atoms with Crippen molar-refractivity contribution in [2.24, 2.45) is 0 Å². The number of carbonyl (C=O) groups is 1. The molecule has 17 heavy (non-hydrogen) atoms. The Morgan fingerprint density at radius 3 is 2.88 bits per heavy atom. The fourth-order valence-electron chi connectivity index (χ4n) is 1.57. The van der Waals surface area contributed by atoms with Crippen molar-refractivity contribution in [3.05, 3.63) is 29.8 Å². The van der Waals surface area contributed by atoms with Gasteiger partial charge in [-0.15, -0.1) is 11.8 Å². The van der Waals surface area contributed by atoms with E-state index < -0.39 is 5.97 Å². The van der Waals surface area contributed by atoms with Gasteiger partial charge < -0.3 is 14.6 Å². The molecule has 2 rings (SSSR count). The lowest BCUT2D eigenvalue weighted by Crippen LogP contribution is -2.08. The molecule has 1 aliphatic heterocycles. The smallest absolute Gasteiger partial charge is 0.335 e. The van der Waals surface area contributed by atoms with Crippen LogP contribution >= 0.6 is 11.8 Å². The number of aromatic carboxylic acids is 1. The van der Waals surface area contributed by atoms with E-state index in [2.05, 4.69) is 0 Å². The lowest BCUT2D eigenvalue weighted by Gasteiger charge is -2.08. The monoisotopic (exact) mass is 254 g/mol. The van der Waals surface area contributed by atoms with E-state index in [1.54, 1.807) is 30.0 Å². The summed E-state index contributed by atoms with van der Waals surface area (Å²) in [6.45, 7) is 1.34. The lowest BCUT2D eigenvalue weighted by atomic mass is 10.2. The molecule has 0 amide bonds. The Kier molecular flexibility index (Phi) is 4.42. The highest BCUT2D eigenvalue weighted by atomic mass is 32.2. The molecule has 1 saturated heterocycles. The minimum Gasteiger partial charge on any atom is -0.478 e. The molecular weight excluding hydrogens is 240 g/mol. The standard InChI is InChI=1S/C12H14O4S/c13-12(14)9-2-1-3-10(8-9)17-7-4-11-15-5-6-16-11/h1-3,8,11H,4-7H2,(H,13,14). The molecule has 1 aromatic carbocycles. The molecule has 1 aliphatic rings. The third-order valence-electron chi connectivity index (χ3n) is 2.39. The second-order valence-corrected chi connectivity index (χ2v) is 4.81. The Hall–Kier alpha value is -1.04. The number of thioether (sulfide) groups is 1. The Bertz CT molecular complexity index is 388. The molecule has 5 heteroatoms. The number of rotatable bonds is 5. The minimum absolute atomic E-state index is 0.0924. The molecule has 1 fully saturated rings. The first-order chi connectivity index (χ1) is 8.25. The number of benzene rings is 1. The Balaban J connectivity index is 1.81. The summed E-state index contributed by atoms with van der Waals surface area (Å²) >= 11 is 1.62. The topological polar surface area (TPSA) is 55.8 Å². The zero-order valence-corrected chi connectivity index (χ0v) is 10.1. The Morgan fingerprint density at radius 2 is 2.18 bits per heavy atom. The first kappa shape index (κ1) is 12.4. The Labute approximate surface area is 104 Å². The van der Waals surface area contributed by atoms with Crippen molar-refractivity contribution in [2.75, 3.05) is 19.0 Å². The van der Waals surface area contributed by atoms with Gasteiger partial charge >= 0.3 is 5.97 Å². The van der Waals surface area contributed by atoms with Crippen LogP contribution in [0.5, 0.6) is 0 Å². The van der Waals surface area contributed by atoms with E-state index in [-0.39, 0.29) is 6.29 Å². The second-order valence-electron chi connectivity index (χ2n) is 3.64. The fraction of sp³-hybridized carbons (Fsp3) is 0.417. The third kappa shape index (κ3) is 3.73. The molecule has 0 aromatic heterocycles. The van der Waals surface area contributed by atoms with Crippen LogP contribution in [0.25, 0.3) is 0 Å². The van der Waals surface area contributed by atoms with Crippen LogP contribution in [-0.4, -0.2) is 36.3 Å². The van der Waals surface area contributed by atoms with Crippen LogP contribution in [0.4, 0.5) is 0 Å². The van der Waals surface area contributed by atoms with Gasteiger partial charge in [-0.1, -0.05) is 6.07 Å². The van der Waals surface area contributed by atoms with Crippen LogP contribution in [0.1, 0.15) is 16.8 Å². The maximum atomic E-state index is 10.8. The molecule has 0 saturated carbocycles. The quantitative estimate of drug-likeness (QED) is 0.817. The van der Waals surface area contributed by atoms with Crippen molar-refractivity contribution >= 4 is 17.7 Å². The van der Waals surface area contributed by atoms with Crippen LogP contribution < -0.4 is 0 Å². The van der Waals surface area contributed by atoms with Gasteiger partial charge in [0.1, 0.15) is 0 Å². The van der Waals surface area contributed by atoms with Gasteiger partial charge in [-0.2, -0.15) is 0 Å². The molecule has 0 unspecified atom stereocenters. The zero-order valence-electron chi connectivity index (χ0n) is 9.30. The summed E-state index contributed by atoms with van der Waals surface area (Å²) in [5.74, 6) is -0.0387. The van der Waals surface area contributed by atoms with Gasteiger partial charge in [0.25, 0.3) is 0 Å². The summed E-state index contributed by atoms with van der Waals surface area (Å²) in [6.07, 6.45) is 0.729. The zero-order chi connectivity index (χ0) is 12.1. The van der Waals surface area contributed by atoms with Crippen LogP contribution in [0.3, 0.4) is 0 Å². The SMILES string of the molecule is O=C(O)c1cccc(SCCC2OCCO2)c1. The number of hydrogen-bond donors (Lipinski definition) is 1. The predicted octanol–water partition coefficient (Wildman–Crippen LogP) is 2.24. The van der Waals surface area contributed by atoms with Crippen LogP contribution in [0, 0.1) is 0 Å². The second kappa shape index (κ2) is 6.05. The van der Waals surface area contributed by atoms with E-state index in [9.17, 15) is 4.79 Å². The summed E-state index contributed by atoms with van der Waals surface area (Å²) in [5, 5.41) is 8.86. The highest BCUT2D eigenvalue weighted by Gasteiger charge is 2.15. The molecule has 1 heterocycles. The summed E-state index contributed by atoms with van der Waals surface area (Å²) < 4.78 is 10.6. The molecule has 1 N–H and O–H groups in total. The first-order valence-corrected chi connectivity index (χ1v) is 6.43. The lowest BCUT2D eigenvalue weighted by molar-refractivity contribution is -0.0421. The number of carboxylic acids is 1. The van der Waals surface area contributed by atoms with Crippen LogP contribution in [0.15, 0.2) is 29.2 Å². The van der Waals surface area contributed by atoms with E-state index in [0.29, 0.717) is 18.8 Å². The number of ether oxygens (including phenoxy) is 2. The molecule has 0 aliphatic carbocycles.